The summed E-state index contributed by atoms with van der Waals surface area (Å²) in [4.78, 5) is 11.6. The molecule has 0 unspecified atom stereocenters. The van der Waals surface area contributed by atoms with Crippen molar-refractivity contribution >= 4 is 18.3 Å². The largest absolute Gasteiger partial charge is 0.354 e. The number of rotatable bonds is 8. The maximum absolute atomic E-state index is 11.6. The quantitative estimate of drug-likeness (QED) is 0.716. The van der Waals surface area contributed by atoms with Crippen molar-refractivity contribution in [3.05, 3.63) is 0 Å². The predicted molar refractivity (Wildman–Crippen MR) is 79.1 cm³/mol. The molecule has 2 N–H and O–H groups in total. The lowest BCUT2D eigenvalue weighted by Gasteiger charge is -2.27. The lowest BCUT2D eigenvalue weighted by Crippen LogP contribution is -2.40. The molecule has 3 nitrogen and oxygen atoms in total. The van der Waals surface area contributed by atoms with Gasteiger partial charge in [0.15, 0.2) is 0 Å². The minimum atomic E-state index is 0. The summed E-state index contributed by atoms with van der Waals surface area (Å²) in [5.41, 5.74) is 0.195. The van der Waals surface area contributed by atoms with Crippen LogP contribution in [0.3, 0.4) is 0 Å². The summed E-state index contributed by atoms with van der Waals surface area (Å²) in [6.07, 6.45) is 3.80. The van der Waals surface area contributed by atoms with Crippen LogP contribution in [0.2, 0.25) is 0 Å². The molecule has 0 aromatic carbocycles. The van der Waals surface area contributed by atoms with Gasteiger partial charge in [0.25, 0.3) is 0 Å². The molecule has 18 heavy (non-hydrogen) atoms. The van der Waals surface area contributed by atoms with Gasteiger partial charge in [0.05, 0.1) is 6.54 Å². The monoisotopic (exact) mass is 276 g/mol. The first-order chi connectivity index (χ1) is 7.89. The summed E-state index contributed by atoms with van der Waals surface area (Å²) in [5, 5.41) is 6.23. The zero-order valence-electron chi connectivity index (χ0n) is 12.2. The fourth-order valence-corrected chi connectivity index (χ4v) is 2.29. The first-order valence-corrected chi connectivity index (χ1v) is 6.86. The molecular formula is C14H29ClN2O. The van der Waals surface area contributed by atoms with Gasteiger partial charge < -0.3 is 10.6 Å². The van der Waals surface area contributed by atoms with Crippen LogP contribution in [-0.2, 0) is 4.79 Å². The number of nitrogens with one attached hydrogen (secondary N) is 2. The third-order valence-corrected chi connectivity index (χ3v) is 3.14. The Balaban J connectivity index is 0.00000289. The third-order valence-electron chi connectivity index (χ3n) is 3.14. The van der Waals surface area contributed by atoms with Gasteiger partial charge in [-0.3, -0.25) is 4.79 Å². The number of hydrogen-bond acceptors (Lipinski definition) is 2. The minimum absolute atomic E-state index is 0. The van der Waals surface area contributed by atoms with E-state index in [1.165, 1.54) is 12.8 Å². The van der Waals surface area contributed by atoms with E-state index in [4.69, 9.17) is 0 Å². The predicted octanol–water partition coefficient (Wildman–Crippen LogP) is 2.60. The molecule has 4 heteroatoms. The van der Waals surface area contributed by atoms with Crippen molar-refractivity contribution in [3.63, 3.8) is 0 Å². The molecule has 0 spiro atoms. The zero-order chi connectivity index (χ0) is 12.9. The molecule has 1 aliphatic rings. The summed E-state index contributed by atoms with van der Waals surface area (Å²) in [6.45, 7) is 11.1. The van der Waals surface area contributed by atoms with E-state index in [0.717, 1.165) is 25.4 Å². The Morgan fingerprint density at radius 1 is 1.33 bits per heavy atom. The number of amides is 1. The van der Waals surface area contributed by atoms with E-state index in [1.54, 1.807) is 0 Å². The smallest absolute Gasteiger partial charge is 0.233 e. The van der Waals surface area contributed by atoms with Gasteiger partial charge in [-0.2, -0.15) is 0 Å². The highest BCUT2D eigenvalue weighted by Crippen LogP contribution is 2.27. The number of carbonyl (C=O) groups excluding carboxylic acids is 1. The van der Waals surface area contributed by atoms with Crippen molar-refractivity contribution in [1.82, 2.24) is 10.6 Å². The van der Waals surface area contributed by atoms with E-state index in [2.05, 4.69) is 38.3 Å². The van der Waals surface area contributed by atoms with Gasteiger partial charge in [0.2, 0.25) is 5.91 Å². The van der Waals surface area contributed by atoms with E-state index >= 15 is 0 Å². The van der Waals surface area contributed by atoms with Crippen molar-refractivity contribution < 1.29 is 4.79 Å². The number of carbonyl (C=O) groups is 1. The molecule has 0 saturated heterocycles. The van der Waals surface area contributed by atoms with Gasteiger partial charge in [-0.25, -0.2) is 0 Å². The van der Waals surface area contributed by atoms with Gasteiger partial charge in [0.1, 0.15) is 0 Å². The van der Waals surface area contributed by atoms with Crippen LogP contribution in [-0.4, -0.2) is 25.5 Å². The molecule has 0 bridgehead atoms. The first kappa shape index (κ1) is 17.7. The highest BCUT2D eigenvalue weighted by atomic mass is 35.5. The SMILES string of the molecule is CC(C)CC(C)(C)CNC(=O)CNCC1CC1.Cl. The van der Waals surface area contributed by atoms with E-state index in [-0.39, 0.29) is 23.7 Å². The van der Waals surface area contributed by atoms with Gasteiger partial charge in [0, 0.05) is 6.54 Å². The Hall–Kier alpha value is -0.280. The molecule has 1 saturated carbocycles. The average molecular weight is 277 g/mol. The highest BCUT2D eigenvalue weighted by molar-refractivity contribution is 5.85. The van der Waals surface area contributed by atoms with Crippen LogP contribution in [0.5, 0.6) is 0 Å². The second-order valence-electron chi connectivity index (χ2n) is 6.61. The lowest BCUT2D eigenvalue weighted by atomic mass is 9.84. The molecule has 1 amide bonds. The highest BCUT2D eigenvalue weighted by Gasteiger charge is 2.22. The summed E-state index contributed by atoms with van der Waals surface area (Å²) in [5.74, 6) is 1.64. The molecule has 1 rings (SSSR count). The standard InChI is InChI=1S/C14H28N2O.ClH/c1-11(2)7-14(3,4)10-16-13(17)9-15-8-12-5-6-12;/h11-12,15H,5-10H2,1-4H3,(H,16,17);1H. The average Bonchev–Trinajstić information content (AvgIpc) is 2.97. The topological polar surface area (TPSA) is 41.1 Å². The van der Waals surface area contributed by atoms with Gasteiger partial charge >= 0.3 is 0 Å². The molecule has 0 radical (unpaired) electrons. The van der Waals surface area contributed by atoms with E-state index in [1.807, 2.05) is 0 Å². The molecule has 1 aliphatic carbocycles. The molecular weight excluding hydrogens is 248 g/mol. The first-order valence-electron chi connectivity index (χ1n) is 6.86. The fourth-order valence-electron chi connectivity index (χ4n) is 2.29. The van der Waals surface area contributed by atoms with Gasteiger partial charge in [-0.15, -0.1) is 12.4 Å². The normalized spacial score (nSPS) is 15.4. The Bertz CT molecular complexity index is 250. The van der Waals surface area contributed by atoms with Gasteiger partial charge in [-0.1, -0.05) is 27.7 Å². The van der Waals surface area contributed by atoms with Crippen molar-refractivity contribution in [2.24, 2.45) is 17.3 Å². The molecule has 108 valence electrons. The number of halogens is 1. The summed E-state index contributed by atoms with van der Waals surface area (Å²) >= 11 is 0. The van der Waals surface area contributed by atoms with Crippen molar-refractivity contribution in [2.75, 3.05) is 19.6 Å². The number of hydrogen-bond donors (Lipinski definition) is 2. The molecule has 0 heterocycles. The van der Waals surface area contributed by atoms with Gasteiger partial charge in [-0.05, 0) is 43.1 Å². The van der Waals surface area contributed by atoms with Crippen LogP contribution in [0, 0.1) is 17.3 Å². The van der Waals surface area contributed by atoms with Crippen LogP contribution >= 0.6 is 12.4 Å². The summed E-state index contributed by atoms with van der Waals surface area (Å²) < 4.78 is 0. The van der Waals surface area contributed by atoms with Crippen LogP contribution < -0.4 is 10.6 Å². The minimum Gasteiger partial charge on any atom is -0.354 e. The second-order valence-corrected chi connectivity index (χ2v) is 6.61. The molecule has 0 atom stereocenters. The zero-order valence-corrected chi connectivity index (χ0v) is 13.0. The van der Waals surface area contributed by atoms with Crippen molar-refractivity contribution in [1.29, 1.82) is 0 Å². The molecule has 0 aromatic rings. The van der Waals surface area contributed by atoms with E-state index in [0.29, 0.717) is 12.5 Å². The van der Waals surface area contributed by atoms with Crippen LogP contribution in [0.25, 0.3) is 0 Å². The van der Waals surface area contributed by atoms with Crippen LogP contribution in [0.15, 0.2) is 0 Å². The Morgan fingerprint density at radius 2 is 1.94 bits per heavy atom. The molecule has 0 aliphatic heterocycles. The maximum atomic E-state index is 11.6. The van der Waals surface area contributed by atoms with Crippen LogP contribution in [0.4, 0.5) is 0 Å². The Kier molecular flexibility index (Phi) is 7.88. The van der Waals surface area contributed by atoms with Crippen molar-refractivity contribution in [2.45, 2.75) is 47.0 Å². The molecule has 0 aromatic heterocycles. The second kappa shape index (κ2) is 8.00. The van der Waals surface area contributed by atoms with E-state index < -0.39 is 0 Å². The summed E-state index contributed by atoms with van der Waals surface area (Å²) in [7, 11) is 0. The molecule has 1 fully saturated rings. The fraction of sp³-hybridized carbons (Fsp3) is 0.929. The van der Waals surface area contributed by atoms with Crippen LogP contribution in [0.1, 0.15) is 47.0 Å². The van der Waals surface area contributed by atoms with E-state index in [9.17, 15) is 4.79 Å². The lowest BCUT2D eigenvalue weighted by molar-refractivity contribution is -0.120. The third kappa shape index (κ3) is 8.76. The maximum Gasteiger partial charge on any atom is 0.233 e. The van der Waals surface area contributed by atoms with Crippen molar-refractivity contribution in [3.8, 4) is 0 Å². The Labute approximate surface area is 118 Å². The Morgan fingerprint density at radius 3 is 2.44 bits per heavy atom. The summed E-state index contributed by atoms with van der Waals surface area (Å²) in [6, 6.07) is 0.